The average Bonchev–Trinajstić information content (AvgIpc) is 2.93. The predicted molar refractivity (Wildman–Crippen MR) is 62.7 cm³/mol. The number of non-ortho nitro benzene ring substituents is 1. The maximum atomic E-state index is 10.7. The van der Waals surface area contributed by atoms with Crippen molar-refractivity contribution in [2.75, 3.05) is 5.73 Å². The van der Waals surface area contributed by atoms with Crippen LogP contribution in [0.25, 0.3) is 22.5 Å². The van der Waals surface area contributed by atoms with Gasteiger partial charge in [0.25, 0.3) is 11.6 Å². The molecule has 0 aliphatic rings. The first-order chi connectivity index (χ1) is 8.63. The normalized spacial score (nSPS) is 10.9. The van der Waals surface area contributed by atoms with E-state index in [0.29, 0.717) is 11.2 Å². The molecule has 0 amide bonds. The number of nitrogens with zero attached hydrogens (tertiary/aromatic N) is 3. The number of hydrogen-bond acceptors (Lipinski definition) is 6. The molecule has 0 fully saturated rings. The zero-order valence-corrected chi connectivity index (χ0v) is 8.95. The van der Waals surface area contributed by atoms with Crippen molar-refractivity contribution in [3.05, 3.63) is 34.4 Å². The minimum Gasteiger partial charge on any atom is -0.402 e. The highest BCUT2D eigenvalue weighted by Gasteiger charge is 2.12. The lowest BCUT2D eigenvalue weighted by atomic mass is 10.2. The van der Waals surface area contributed by atoms with Crippen LogP contribution in [-0.2, 0) is 0 Å². The fourth-order valence-corrected chi connectivity index (χ4v) is 1.69. The Labute approximate surface area is 99.6 Å². The third-order valence-electron chi connectivity index (χ3n) is 2.49. The molecule has 3 rings (SSSR count). The van der Waals surface area contributed by atoms with E-state index < -0.39 is 4.92 Å². The van der Waals surface area contributed by atoms with Crippen LogP contribution in [0.2, 0.25) is 0 Å². The standard InChI is InChI=1S/C10H7N5O3/c11-10-14-13-9(18-10)8-3-5-1-2-6(15(16)17)4-7(5)12-8/h1-4,12H,(H2,11,14). The van der Waals surface area contributed by atoms with Gasteiger partial charge in [-0.2, -0.15) is 0 Å². The average molecular weight is 245 g/mol. The second-order valence-electron chi connectivity index (χ2n) is 3.66. The number of hydrogen-bond donors (Lipinski definition) is 2. The van der Waals surface area contributed by atoms with Gasteiger partial charge >= 0.3 is 6.01 Å². The predicted octanol–water partition coefficient (Wildman–Crippen LogP) is 1.71. The lowest BCUT2D eigenvalue weighted by Gasteiger charge is -1.90. The van der Waals surface area contributed by atoms with Gasteiger partial charge in [0.2, 0.25) is 0 Å². The zero-order chi connectivity index (χ0) is 12.7. The molecule has 0 aliphatic carbocycles. The summed E-state index contributed by atoms with van der Waals surface area (Å²) in [7, 11) is 0. The monoisotopic (exact) mass is 245 g/mol. The fraction of sp³-hybridized carbons (Fsp3) is 0. The molecule has 18 heavy (non-hydrogen) atoms. The number of nitro benzene ring substituents is 1. The summed E-state index contributed by atoms with van der Waals surface area (Å²) >= 11 is 0. The number of H-pyrrole nitrogens is 1. The third kappa shape index (κ3) is 1.56. The number of anilines is 1. The van der Waals surface area contributed by atoms with Gasteiger partial charge in [0.05, 0.1) is 10.4 Å². The Balaban J connectivity index is 2.13. The van der Waals surface area contributed by atoms with E-state index in [2.05, 4.69) is 15.2 Å². The number of aromatic nitrogens is 3. The molecule has 0 aliphatic heterocycles. The molecule has 0 unspecified atom stereocenters. The van der Waals surface area contributed by atoms with Crippen molar-refractivity contribution >= 4 is 22.6 Å². The van der Waals surface area contributed by atoms with E-state index in [1.54, 1.807) is 12.1 Å². The lowest BCUT2D eigenvalue weighted by Crippen LogP contribution is -1.86. The first kappa shape index (κ1) is 10.3. The van der Waals surface area contributed by atoms with E-state index >= 15 is 0 Å². The molecule has 3 N–H and O–H groups in total. The number of nitrogens with two attached hydrogens (primary N) is 1. The van der Waals surface area contributed by atoms with E-state index in [-0.39, 0.29) is 17.6 Å². The minimum atomic E-state index is -0.454. The van der Waals surface area contributed by atoms with Crippen LogP contribution in [0.5, 0.6) is 0 Å². The Morgan fingerprint density at radius 3 is 2.83 bits per heavy atom. The number of rotatable bonds is 2. The molecule has 90 valence electrons. The molecule has 0 atom stereocenters. The number of benzene rings is 1. The molecule has 8 nitrogen and oxygen atoms in total. The highest BCUT2D eigenvalue weighted by atomic mass is 16.6. The molecule has 0 saturated carbocycles. The molecule has 0 spiro atoms. The highest BCUT2D eigenvalue weighted by Crippen LogP contribution is 2.26. The van der Waals surface area contributed by atoms with Crippen LogP contribution < -0.4 is 5.73 Å². The van der Waals surface area contributed by atoms with Crippen LogP contribution in [0.4, 0.5) is 11.7 Å². The molecule has 8 heteroatoms. The Hall–Kier alpha value is -2.90. The second-order valence-corrected chi connectivity index (χ2v) is 3.66. The molecule has 0 bridgehead atoms. The number of nitro groups is 1. The van der Waals surface area contributed by atoms with Crippen LogP contribution in [0.15, 0.2) is 28.7 Å². The van der Waals surface area contributed by atoms with E-state index in [9.17, 15) is 10.1 Å². The van der Waals surface area contributed by atoms with E-state index in [4.69, 9.17) is 10.2 Å². The zero-order valence-electron chi connectivity index (χ0n) is 8.95. The summed E-state index contributed by atoms with van der Waals surface area (Å²) in [5, 5.41) is 18.7. The van der Waals surface area contributed by atoms with E-state index in [1.165, 1.54) is 12.1 Å². The van der Waals surface area contributed by atoms with Gasteiger partial charge in [-0.05, 0) is 12.1 Å². The van der Waals surface area contributed by atoms with Crippen molar-refractivity contribution in [3.8, 4) is 11.6 Å². The summed E-state index contributed by atoms with van der Waals surface area (Å²) in [6, 6.07) is 6.24. The van der Waals surface area contributed by atoms with Crippen molar-refractivity contribution in [1.29, 1.82) is 0 Å². The SMILES string of the molecule is Nc1nnc(-c2cc3ccc([N+](=O)[O-])cc3[nH]2)o1. The van der Waals surface area contributed by atoms with Crippen LogP contribution in [0, 0.1) is 10.1 Å². The fourth-order valence-electron chi connectivity index (χ4n) is 1.69. The Kier molecular flexibility index (Phi) is 2.03. The molecule has 2 aromatic heterocycles. The summed E-state index contributed by atoms with van der Waals surface area (Å²) < 4.78 is 5.07. The number of fused-ring (bicyclic) bond motifs is 1. The molecule has 0 saturated heterocycles. The quantitative estimate of drug-likeness (QED) is 0.523. The Morgan fingerprint density at radius 2 is 2.17 bits per heavy atom. The van der Waals surface area contributed by atoms with Crippen molar-refractivity contribution in [2.24, 2.45) is 0 Å². The van der Waals surface area contributed by atoms with Gasteiger partial charge in [0.1, 0.15) is 5.69 Å². The molecular formula is C10H7N5O3. The van der Waals surface area contributed by atoms with Crippen LogP contribution in [0.1, 0.15) is 0 Å². The van der Waals surface area contributed by atoms with E-state index in [1.807, 2.05) is 0 Å². The maximum absolute atomic E-state index is 10.7. The minimum absolute atomic E-state index is 0.0148. The summed E-state index contributed by atoms with van der Waals surface area (Å²) in [5.74, 6) is 0.242. The first-order valence-electron chi connectivity index (χ1n) is 5.00. The summed E-state index contributed by atoms with van der Waals surface area (Å²) in [5.41, 5.74) is 6.53. The lowest BCUT2D eigenvalue weighted by molar-refractivity contribution is -0.384. The summed E-state index contributed by atoms with van der Waals surface area (Å²) in [6.45, 7) is 0. The summed E-state index contributed by atoms with van der Waals surface area (Å²) in [4.78, 5) is 13.2. The Bertz CT molecular complexity index is 745. The smallest absolute Gasteiger partial charge is 0.313 e. The largest absolute Gasteiger partial charge is 0.402 e. The van der Waals surface area contributed by atoms with Gasteiger partial charge in [-0.3, -0.25) is 10.1 Å². The molecule has 2 heterocycles. The second kappa shape index (κ2) is 3.55. The van der Waals surface area contributed by atoms with Crippen molar-refractivity contribution in [1.82, 2.24) is 15.2 Å². The topological polar surface area (TPSA) is 124 Å². The van der Waals surface area contributed by atoms with E-state index in [0.717, 1.165) is 5.39 Å². The van der Waals surface area contributed by atoms with Gasteiger partial charge in [-0.15, -0.1) is 5.10 Å². The van der Waals surface area contributed by atoms with Crippen LogP contribution in [-0.4, -0.2) is 20.1 Å². The van der Waals surface area contributed by atoms with Crippen molar-refractivity contribution in [3.63, 3.8) is 0 Å². The molecular weight excluding hydrogens is 238 g/mol. The van der Waals surface area contributed by atoms with Gasteiger partial charge in [-0.25, -0.2) is 0 Å². The van der Waals surface area contributed by atoms with Gasteiger partial charge in [-0.1, -0.05) is 5.10 Å². The van der Waals surface area contributed by atoms with Gasteiger partial charge in [0.15, 0.2) is 0 Å². The van der Waals surface area contributed by atoms with Crippen LogP contribution >= 0.6 is 0 Å². The number of nitrogen functional groups attached to an aromatic ring is 1. The van der Waals surface area contributed by atoms with Crippen molar-refractivity contribution < 1.29 is 9.34 Å². The first-order valence-corrected chi connectivity index (χ1v) is 5.00. The summed E-state index contributed by atoms with van der Waals surface area (Å²) in [6.07, 6.45) is 0. The highest BCUT2D eigenvalue weighted by molar-refractivity contribution is 5.86. The Morgan fingerprint density at radius 1 is 1.33 bits per heavy atom. The maximum Gasteiger partial charge on any atom is 0.313 e. The number of nitrogens with one attached hydrogen (secondary N) is 1. The van der Waals surface area contributed by atoms with Crippen molar-refractivity contribution in [2.45, 2.75) is 0 Å². The third-order valence-corrected chi connectivity index (χ3v) is 2.49. The van der Waals surface area contributed by atoms with Crippen LogP contribution in [0.3, 0.4) is 0 Å². The number of aromatic amines is 1. The molecule has 0 radical (unpaired) electrons. The van der Waals surface area contributed by atoms with Gasteiger partial charge < -0.3 is 15.1 Å². The molecule has 3 aromatic rings. The van der Waals surface area contributed by atoms with Gasteiger partial charge in [0, 0.05) is 17.5 Å². The molecule has 1 aromatic carbocycles.